The lowest BCUT2D eigenvalue weighted by Gasteiger charge is -2.07. The van der Waals surface area contributed by atoms with Crippen molar-refractivity contribution >= 4 is 29.1 Å². The fraction of sp³-hybridized carbons (Fsp3) is 0.500. The van der Waals surface area contributed by atoms with E-state index in [1.807, 2.05) is 0 Å². The number of rotatable bonds is 5. The van der Waals surface area contributed by atoms with Crippen molar-refractivity contribution in [3.8, 4) is 0 Å². The van der Waals surface area contributed by atoms with Crippen molar-refractivity contribution in [3.63, 3.8) is 0 Å². The van der Waals surface area contributed by atoms with Crippen LogP contribution in [0.2, 0.25) is 10.2 Å². The normalized spacial score (nSPS) is 10.6. The minimum Gasteiger partial charge on any atom is -0.352 e. The Morgan fingerprint density at radius 2 is 2.18 bits per heavy atom. The summed E-state index contributed by atoms with van der Waals surface area (Å²) >= 11 is 11.5. The summed E-state index contributed by atoms with van der Waals surface area (Å²) in [7, 11) is 0. The summed E-state index contributed by atoms with van der Waals surface area (Å²) in [5, 5.41) is 3.32. The molecule has 0 unspecified atom stereocenters. The molecule has 1 aromatic heterocycles. The fourth-order valence-electron chi connectivity index (χ4n) is 1.36. The number of halogens is 2. The summed E-state index contributed by atoms with van der Waals surface area (Å²) in [4.78, 5) is 15.5. The molecular weight excluding hydrogens is 259 g/mol. The Morgan fingerprint density at radius 1 is 1.47 bits per heavy atom. The smallest absolute Gasteiger partial charge is 0.252 e. The first-order valence-electron chi connectivity index (χ1n) is 5.60. The third kappa shape index (κ3) is 4.92. The van der Waals surface area contributed by atoms with E-state index in [0.717, 1.165) is 12.8 Å². The van der Waals surface area contributed by atoms with Crippen LogP contribution in [0.3, 0.4) is 0 Å². The SMILES string of the molecule is CC(C)CCCNC(=O)c1cnc(Cl)c(Cl)c1. The molecule has 0 bridgehead atoms. The third-order valence-corrected chi connectivity index (χ3v) is 2.99. The predicted molar refractivity (Wildman–Crippen MR) is 70.7 cm³/mol. The molecule has 1 rings (SSSR count). The highest BCUT2D eigenvalue weighted by atomic mass is 35.5. The average Bonchev–Trinajstić information content (AvgIpc) is 2.27. The van der Waals surface area contributed by atoms with Gasteiger partial charge in [-0.15, -0.1) is 0 Å². The molecule has 1 N–H and O–H groups in total. The van der Waals surface area contributed by atoms with Gasteiger partial charge in [-0.25, -0.2) is 4.98 Å². The van der Waals surface area contributed by atoms with Crippen LogP contribution in [0.1, 0.15) is 37.0 Å². The van der Waals surface area contributed by atoms with Crippen LogP contribution in [-0.2, 0) is 0 Å². The number of hydrogen-bond acceptors (Lipinski definition) is 2. The third-order valence-electron chi connectivity index (χ3n) is 2.30. The summed E-state index contributed by atoms with van der Waals surface area (Å²) in [6.07, 6.45) is 3.49. The van der Waals surface area contributed by atoms with Crippen molar-refractivity contribution in [1.82, 2.24) is 10.3 Å². The van der Waals surface area contributed by atoms with E-state index in [9.17, 15) is 4.79 Å². The van der Waals surface area contributed by atoms with Crippen molar-refractivity contribution in [2.45, 2.75) is 26.7 Å². The van der Waals surface area contributed by atoms with E-state index in [1.165, 1.54) is 12.3 Å². The van der Waals surface area contributed by atoms with Crippen LogP contribution >= 0.6 is 23.2 Å². The van der Waals surface area contributed by atoms with Crippen LogP contribution in [0.25, 0.3) is 0 Å². The van der Waals surface area contributed by atoms with Gasteiger partial charge < -0.3 is 5.32 Å². The molecule has 0 fully saturated rings. The van der Waals surface area contributed by atoms with Gasteiger partial charge in [0, 0.05) is 12.7 Å². The van der Waals surface area contributed by atoms with Crippen molar-refractivity contribution in [2.24, 2.45) is 5.92 Å². The number of pyridine rings is 1. The molecule has 94 valence electrons. The highest BCUT2D eigenvalue weighted by Crippen LogP contribution is 2.19. The first kappa shape index (κ1) is 14.3. The minimum atomic E-state index is -0.167. The van der Waals surface area contributed by atoms with Gasteiger partial charge in [0.1, 0.15) is 5.15 Å². The zero-order chi connectivity index (χ0) is 12.8. The van der Waals surface area contributed by atoms with E-state index in [-0.39, 0.29) is 11.1 Å². The first-order valence-corrected chi connectivity index (χ1v) is 6.35. The zero-order valence-electron chi connectivity index (χ0n) is 9.96. The molecule has 1 amide bonds. The fourth-order valence-corrected chi connectivity index (χ4v) is 1.63. The standard InChI is InChI=1S/C12H16Cl2N2O/c1-8(2)4-3-5-15-12(17)9-6-10(13)11(14)16-7-9/h6-8H,3-5H2,1-2H3,(H,15,17). The average molecular weight is 275 g/mol. The molecule has 0 aliphatic heterocycles. The maximum absolute atomic E-state index is 11.7. The number of nitrogens with one attached hydrogen (secondary N) is 1. The van der Waals surface area contributed by atoms with Crippen molar-refractivity contribution in [2.75, 3.05) is 6.54 Å². The summed E-state index contributed by atoms with van der Waals surface area (Å²) in [5.41, 5.74) is 0.434. The van der Waals surface area contributed by atoms with Gasteiger partial charge >= 0.3 is 0 Å². The molecule has 0 spiro atoms. The molecule has 0 aliphatic rings. The lowest BCUT2D eigenvalue weighted by atomic mass is 10.1. The highest BCUT2D eigenvalue weighted by molar-refractivity contribution is 6.41. The molecule has 17 heavy (non-hydrogen) atoms. The summed E-state index contributed by atoms with van der Waals surface area (Å²) < 4.78 is 0. The molecule has 0 saturated carbocycles. The van der Waals surface area contributed by atoms with Crippen LogP contribution in [0.4, 0.5) is 0 Å². The minimum absolute atomic E-state index is 0.167. The maximum Gasteiger partial charge on any atom is 0.252 e. The number of aromatic nitrogens is 1. The Balaban J connectivity index is 2.44. The van der Waals surface area contributed by atoms with Gasteiger partial charge in [-0.3, -0.25) is 4.79 Å². The van der Waals surface area contributed by atoms with E-state index in [0.29, 0.717) is 23.0 Å². The molecule has 1 aromatic rings. The first-order chi connectivity index (χ1) is 8.00. The Kier molecular flexibility index (Phi) is 5.72. The highest BCUT2D eigenvalue weighted by Gasteiger charge is 2.08. The van der Waals surface area contributed by atoms with Crippen molar-refractivity contribution in [1.29, 1.82) is 0 Å². The van der Waals surface area contributed by atoms with Gasteiger partial charge in [0.2, 0.25) is 0 Å². The van der Waals surface area contributed by atoms with Gasteiger partial charge in [0.05, 0.1) is 10.6 Å². The number of amides is 1. The van der Waals surface area contributed by atoms with Gasteiger partial charge in [0.15, 0.2) is 0 Å². The number of carbonyl (C=O) groups excluding carboxylic acids is 1. The second-order valence-electron chi connectivity index (χ2n) is 4.29. The van der Waals surface area contributed by atoms with E-state index in [4.69, 9.17) is 23.2 Å². The molecule has 0 atom stereocenters. The molecule has 0 aromatic carbocycles. The predicted octanol–water partition coefficient (Wildman–Crippen LogP) is 3.55. The van der Waals surface area contributed by atoms with E-state index in [2.05, 4.69) is 24.1 Å². The van der Waals surface area contributed by atoms with Crippen LogP contribution in [0.5, 0.6) is 0 Å². The second kappa shape index (κ2) is 6.82. The van der Waals surface area contributed by atoms with Crippen molar-refractivity contribution < 1.29 is 4.79 Å². The Bertz CT molecular complexity index is 394. The monoisotopic (exact) mass is 274 g/mol. The van der Waals surface area contributed by atoms with Gasteiger partial charge in [-0.2, -0.15) is 0 Å². The van der Waals surface area contributed by atoms with Crippen LogP contribution < -0.4 is 5.32 Å². The van der Waals surface area contributed by atoms with Crippen LogP contribution in [-0.4, -0.2) is 17.4 Å². The largest absolute Gasteiger partial charge is 0.352 e. The summed E-state index contributed by atoms with van der Waals surface area (Å²) in [6.45, 7) is 4.98. The van der Waals surface area contributed by atoms with E-state index < -0.39 is 0 Å². The second-order valence-corrected chi connectivity index (χ2v) is 5.05. The lowest BCUT2D eigenvalue weighted by molar-refractivity contribution is 0.0952. The topological polar surface area (TPSA) is 42.0 Å². The number of hydrogen-bond donors (Lipinski definition) is 1. The van der Waals surface area contributed by atoms with Crippen LogP contribution in [0, 0.1) is 5.92 Å². The summed E-state index contributed by atoms with van der Waals surface area (Å²) in [5.74, 6) is 0.485. The lowest BCUT2D eigenvalue weighted by Crippen LogP contribution is -2.24. The molecule has 5 heteroatoms. The number of nitrogens with zero attached hydrogens (tertiary/aromatic N) is 1. The molecule has 3 nitrogen and oxygen atoms in total. The maximum atomic E-state index is 11.7. The van der Waals surface area contributed by atoms with E-state index >= 15 is 0 Å². The van der Waals surface area contributed by atoms with Gasteiger partial charge in [-0.05, 0) is 24.8 Å². The Morgan fingerprint density at radius 3 is 2.76 bits per heavy atom. The Labute approximate surface area is 112 Å². The van der Waals surface area contributed by atoms with Crippen molar-refractivity contribution in [3.05, 3.63) is 28.0 Å². The molecule has 1 heterocycles. The van der Waals surface area contributed by atoms with Gasteiger partial charge in [0.25, 0.3) is 5.91 Å². The van der Waals surface area contributed by atoms with Crippen LogP contribution in [0.15, 0.2) is 12.3 Å². The molecule has 0 radical (unpaired) electrons. The number of carbonyl (C=O) groups is 1. The van der Waals surface area contributed by atoms with E-state index in [1.54, 1.807) is 0 Å². The zero-order valence-corrected chi connectivity index (χ0v) is 11.5. The molecular formula is C12H16Cl2N2O. The molecule has 0 saturated heterocycles. The quantitative estimate of drug-likeness (QED) is 0.659. The Hall–Kier alpha value is -0.800. The molecule has 0 aliphatic carbocycles. The summed E-state index contributed by atoms with van der Waals surface area (Å²) in [6, 6.07) is 1.52. The van der Waals surface area contributed by atoms with Gasteiger partial charge in [-0.1, -0.05) is 37.0 Å².